The Hall–Kier alpha value is -1.58. The molecule has 0 aliphatic rings. The van der Waals surface area contributed by atoms with Crippen LogP contribution in [0.1, 0.15) is 12.8 Å². The van der Waals surface area contributed by atoms with Crippen LogP contribution in [0.5, 0.6) is 0 Å². The molecule has 0 unspecified atom stereocenters. The largest absolute Gasteiger partial charge is 4.00 e. The van der Waals surface area contributed by atoms with E-state index in [1.807, 2.05) is 0 Å². The molecule has 10 heteroatoms. The molecule has 0 heterocycles. The fourth-order valence-corrected chi connectivity index (χ4v) is 0.343. The molecule has 0 aliphatic heterocycles. The van der Waals surface area contributed by atoms with Crippen LogP contribution in [0.15, 0.2) is 0 Å². The second-order valence-corrected chi connectivity index (χ2v) is 2.22. The zero-order valence-electron chi connectivity index (χ0n) is 8.21. The number of carbonyl (C=O) groups is 4. The molecule has 0 atom stereocenters. The predicted octanol–water partition coefficient (Wildman–Crippen LogP) is -3.43. The number of carbonyl (C=O) groups excluding carboxylic acids is 4. The van der Waals surface area contributed by atoms with Crippen LogP contribution < -0.4 is 22.9 Å². The van der Waals surface area contributed by atoms with Gasteiger partial charge in [0.1, 0.15) is 12.8 Å². The van der Waals surface area contributed by atoms with Crippen LogP contribution in [0.2, 0.25) is 0 Å². The predicted molar refractivity (Wildman–Crippen MR) is 46.7 cm³/mol. The Bertz CT molecular complexity index is 207. The van der Waals surface area contributed by atoms with Gasteiger partial charge in [0.25, 0.3) is 0 Å². The standard InChI is InChI=1S/2C3H6N2O2.O.V/c2*4-2(6)1-3(5)7;;/h2*1H2,(H2,4,6)(H2,5,7);;/q;;-2;+4. The normalized spacial score (nSPS) is 7.00. The molecule has 0 saturated carbocycles. The molecule has 1 radical (unpaired) electrons. The van der Waals surface area contributed by atoms with Gasteiger partial charge in [-0.05, 0) is 0 Å². The second kappa shape index (κ2) is 13.4. The van der Waals surface area contributed by atoms with Gasteiger partial charge in [-0.15, -0.1) is 0 Å². The summed E-state index contributed by atoms with van der Waals surface area (Å²) in [5.74, 6) is -2.75. The molecule has 0 rings (SSSR count). The van der Waals surface area contributed by atoms with Gasteiger partial charge in [-0.1, -0.05) is 0 Å². The molecular formula is C6H12N4O5V+2. The molecule has 0 bridgehead atoms. The molecule has 4 amide bonds. The van der Waals surface area contributed by atoms with Crippen LogP contribution in [0.25, 0.3) is 0 Å². The monoisotopic (exact) mass is 271 g/mol. The number of primary amides is 4. The maximum atomic E-state index is 9.73. The topological polar surface area (TPSA) is 201 Å². The fraction of sp³-hybridized carbons (Fsp3) is 0.333. The van der Waals surface area contributed by atoms with Gasteiger partial charge in [0.2, 0.25) is 23.6 Å². The summed E-state index contributed by atoms with van der Waals surface area (Å²) in [5.41, 5.74) is 18.2. The first-order valence-corrected chi connectivity index (χ1v) is 3.39. The fourth-order valence-electron chi connectivity index (χ4n) is 0.343. The van der Waals surface area contributed by atoms with E-state index in [4.69, 9.17) is 0 Å². The van der Waals surface area contributed by atoms with Crippen LogP contribution in [-0.4, -0.2) is 23.6 Å². The van der Waals surface area contributed by atoms with E-state index in [2.05, 4.69) is 22.9 Å². The van der Waals surface area contributed by atoms with Gasteiger partial charge in [-0.3, -0.25) is 19.2 Å². The summed E-state index contributed by atoms with van der Waals surface area (Å²) in [4.78, 5) is 38.9. The van der Waals surface area contributed by atoms with E-state index in [9.17, 15) is 19.2 Å². The Kier molecular flexibility index (Phi) is 20.1. The van der Waals surface area contributed by atoms with E-state index in [1.54, 1.807) is 0 Å². The third-order valence-corrected chi connectivity index (χ3v) is 0.697. The molecule has 0 aliphatic carbocycles. The zero-order valence-corrected chi connectivity index (χ0v) is 9.61. The summed E-state index contributed by atoms with van der Waals surface area (Å²) < 4.78 is 0. The molecule has 0 spiro atoms. The number of amides is 4. The first kappa shape index (κ1) is 23.9. The molecular weight excluding hydrogens is 259 g/mol. The summed E-state index contributed by atoms with van der Waals surface area (Å²) in [7, 11) is 0. The Balaban J connectivity index is -0.0000000800. The number of nitrogens with two attached hydrogens (primary N) is 4. The minimum atomic E-state index is -0.687. The van der Waals surface area contributed by atoms with Crippen LogP contribution in [0.4, 0.5) is 0 Å². The van der Waals surface area contributed by atoms with Crippen LogP contribution in [0.3, 0.4) is 0 Å². The third kappa shape index (κ3) is 39.3. The Morgan fingerprint density at radius 2 is 0.750 bits per heavy atom. The summed E-state index contributed by atoms with van der Waals surface area (Å²) in [6, 6.07) is 0. The van der Waals surface area contributed by atoms with Gasteiger partial charge in [0.05, 0.1) is 0 Å². The maximum Gasteiger partial charge on any atom is 4.00 e. The van der Waals surface area contributed by atoms with Crippen molar-refractivity contribution in [3.63, 3.8) is 0 Å². The van der Waals surface area contributed by atoms with Crippen molar-refractivity contribution in [3.05, 3.63) is 0 Å². The van der Waals surface area contributed by atoms with Gasteiger partial charge >= 0.3 is 18.6 Å². The van der Waals surface area contributed by atoms with Crippen LogP contribution >= 0.6 is 0 Å². The zero-order chi connectivity index (χ0) is 11.7. The van der Waals surface area contributed by atoms with E-state index in [1.165, 1.54) is 0 Å². The van der Waals surface area contributed by atoms with E-state index in [0.717, 1.165) is 0 Å². The Morgan fingerprint density at radius 1 is 0.625 bits per heavy atom. The van der Waals surface area contributed by atoms with Crippen molar-refractivity contribution in [2.45, 2.75) is 12.8 Å². The molecule has 9 nitrogen and oxygen atoms in total. The molecule has 0 aromatic heterocycles. The van der Waals surface area contributed by atoms with E-state index in [0.29, 0.717) is 0 Å². The smallest absolute Gasteiger partial charge is 2.00 e. The number of hydrogen-bond donors (Lipinski definition) is 4. The van der Waals surface area contributed by atoms with Crippen molar-refractivity contribution < 1.29 is 43.2 Å². The van der Waals surface area contributed by atoms with E-state index in [-0.39, 0.29) is 36.9 Å². The molecule has 0 aromatic rings. The van der Waals surface area contributed by atoms with Crippen molar-refractivity contribution in [2.75, 3.05) is 0 Å². The van der Waals surface area contributed by atoms with Crippen molar-refractivity contribution >= 4 is 23.6 Å². The average molecular weight is 271 g/mol. The summed E-state index contributed by atoms with van der Waals surface area (Å²) >= 11 is 0. The van der Waals surface area contributed by atoms with Gasteiger partial charge < -0.3 is 28.4 Å². The summed E-state index contributed by atoms with van der Waals surface area (Å²) in [6.07, 6.45) is -0.722. The molecule has 0 saturated heterocycles. The van der Waals surface area contributed by atoms with E-state index >= 15 is 0 Å². The van der Waals surface area contributed by atoms with Crippen molar-refractivity contribution in [2.24, 2.45) is 22.9 Å². The first-order valence-electron chi connectivity index (χ1n) is 3.39. The number of rotatable bonds is 4. The summed E-state index contributed by atoms with van der Waals surface area (Å²) in [5, 5.41) is 0. The maximum absolute atomic E-state index is 9.73. The van der Waals surface area contributed by atoms with Gasteiger partial charge in [-0.25, -0.2) is 0 Å². The van der Waals surface area contributed by atoms with Gasteiger partial charge in [0.15, 0.2) is 0 Å². The first-order chi connectivity index (χ1) is 6.25. The van der Waals surface area contributed by atoms with Crippen molar-refractivity contribution in [3.8, 4) is 0 Å². The van der Waals surface area contributed by atoms with Crippen LogP contribution in [0, 0.1) is 0 Å². The minimum Gasteiger partial charge on any atom is -2.00 e. The van der Waals surface area contributed by atoms with Crippen molar-refractivity contribution in [1.29, 1.82) is 0 Å². The molecule has 8 N–H and O–H groups in total. The molecule has 16 heavy (non-hydrogen) atoms. The summed E-state index contributed by atoms with van der Waals surface area (Å²) in [6.45, 7) is 0. The van der Waals surface area contributed by atoms with E-state index < -0.39 is 23.6 Å². The molecule has 89 valence electrons. The van der Waals surface area contributed by atoms with Crippen molar-refractivity contribution in [1.82, 2.24) is 0 Å². The minimum absolute atomic E-state index is 0. The Labute approximate surface area is 103 Å². The molecule has 0 fully saturated rings. The second-order valence-electron chi connectivity index (χ2n) is 2.22. The van der Waals surface area contributed by atoms with Gasteiger partial charge in [-0.2, -0.15) is 0 Å². The third-order valence-electron chi connectivity index (χ3n) is 0.697. The Morgan fingerprint density at radius 3 is 0.750 bits per heavy atom. The number of hydrogen-bond acceptors (Lipinski definition) is 4. The molecule has 0 aromatic carbocycles. The SMILES string of the molecule is NC(=O)CC(N)=O.NC(=O)CC(N)=O.[O-2].[V+4]. The quantitative estimate of drug-likeness (QED) is 0.385. The van der Waals surface area contributed by atoms with Crippen LogP contribution in [-0.2, 0) is 43.2 Å². The van der Waals surface area contributed by atoms with Gasteiger partial charge in [0, 0.05) is 0 Å². The average Bonchev–Trinajstić information content (AvgIpc) is 1.79.